The lowest BCUT2D eigenvalue weighted by Crippen LogP contribution is -2.36. The summed E-state index contributed by atoms with van der Waals surface area (Å²) in [5, 5.41) is 0. The van der Waals surface area contributed by atoms with Crippen LogP contribution in [0.3, 0.4) is 0 Å². The Hall–Kier alpha value is -3.18. The molecule has 6 rings (SSSR count). The second kappa shape index (κ2) is 17.6. The first-order chi connectivity index (χ1) is 24.1. The molecule has 3 N–H and O–H groups in total. The van der Waals surface area contributed by atoms with E-state index in [0.29, 0.717) is 11.4 Å². The van der Waals surface area contributed by atoms with Gasteiger partial charge in [0.15, 0.2) is 19.7 Å². The molecule has 0 saturated heterocycles. The zero-order chi connectivity index (χ0) is 37.4. The molecule has 0 spiro atoms. The van der Waals surface area contributed by atoms with Gasteiger partial charge in [-0.25, -0.2) is 48.7 Å². The van der Waals surface area contributed by atoms with Crippen LogP contribution >= 0.6 is 23.9 Å². The molecule has 3 aromatic carbocycles. The van der Waals surface area contributed by atoms with Crippen LogP contribution in [0.4, 0.5) is 0 Å². The van der Waals surface area contributed by atoms with Crippen molar-refractivity contribution in [3.63, 3.8) is 0 Å². The van der Waals surface area contributed by atoms with Crippen LogP contribution in [-0.4, -0.2) is 80.5 Å². The summed E-state index contributed by atoms with van der Waals surface area (Å²) >= 11 is 2.40. The summed E-state index contributed by atoms with van der Waals surface area (Å²) in [5.74, 6) is 0. The number of nitrogens with zero attached hydrogens (tertiary/aromatic N) is 4. The van der Waals surface area contributed by atoms with Gasteiger partial charge in [0, 0.05) is 19.1 Å². The minimum atomic E-state index is -3.81. The molecule has 1 aliphatic carbocycles. The molecule has 2 unspecified atom stereocenters. The highest BCUT2D eigenvalue weighted by molar-refractivity contribution is 7.96. The van der Waals surface area contributed by atoms with E-state index >= 15 is 0 Å². The predicted octanol–water partition coefficient (Wildman–Crippen LogP) is 3.62. The standard InChI is InChI=1S/C15H16N4O3S3.C14H15N3O4S3.C2H6/c1-16-19(10-11-6-7-14-15(8-11)18-23-17-14)24(20)12-4-3-5-13(9-12)25(2,21)22;1-23(18,19)11-3-2-4-12(8-11)24(20,21)15-9-10-5-6-13-14(7-10)17-22-16-13;1-2/h3-9,16H,10H2,1-2H3;2-8,14-15,17H,9H2,1H3;1-2H3. The molecule has 1 aliphatic heterocycles. The van der Waals surface area contributed by atoms with Crippen molar-refractivity contribution in [1.29, 1.82) is 0 Å². The molecule has 2 aliphatic rings. The van der Waals surface area contributed by atoms with Gasteiger partial charge in [0.1, 0.15) is 22.0 Å². The molecule has 274 valence electrons. The Labute approximate surface area is 309 Å². The van der Waals surface area contributed by atoms with E-state index in [1.165, 1.54) is 46.9 Å². The van der Waals surface area contributed by atoms with Crippen molar-refractivity contribution < 1.29 is 29.5 Å². The molecule has 0 saturated carbocycles. The lowest BCUT2D eigenvalue weighted by atomic mass is 10.0. The number of aromatic nitrogens is 2. The fourth-order valence-corrected chi connectivity index (χ4v) is 9.28. The number of hydrogen-bond acceptors (Lipinski definition) is 14. The zero-order valence-corrected chi connectivity index (χ0v) is 33.1. The van der Waals surface area contributed by atoms with Crippen LogP contribution in [0.5, 0.6) is 0 Å². The van der Waals surface area contributed by atoms with Crippen molar-refractivity contribution in [1.82, 2.24) is 28.0 Å². The minimum Gasteiger partial charge on any atom is -0.246 e. The van der Waals surface area contributed by atoms with Crippen molar-refractivity contribution in [2.24, 2.45) is 4.40 Å². The number of hydrogen-bond donors (Lipinski definition) is 3. The molecule has 1 aromatic heterocycles. The predicted molar refractivity (Wildman–Crippen MR) is 203 cm³/mol. The number of nitrogens with one attached hydrogen (secondary N) is 3. The molecule has 0 bridgehead atoms. The van der Waals surface area contributed by atoms with Crippen LogP contribution < -0.4 is 14.9 Å². The maximum Gasteiger partial charge on any atom is 0.240 e. The lowest BCUT2D eigenvalue weighted by Gasteiger charge is -2.20. The second-order valence-corrected chi connectivity index (χ2v) is 19.0. The van der Waals surface area contributed by atoms with Crippen molar-refractivity contribution >= 4 is 81.3 Å². The van der Waals surface area contributed by atoms with Crippen LogP contribution in [0, 0.1) is 0 Å². The third-order valence-electron chi connectivity index (χ3n) is 7.04. The van der Waals surface area contributed by atoms with E-state index in [1.807, 2.05) is 44.2 Å². The van der Waals surface area contributed by atoms with Crippen LogP contribution in [0.2, 0.25) is 0 Å². The first-order valence-corrected chi connectivity index (χ1v) is 23.1. The Balaban J connectivity index is 0.000000218. The van der Waals surface area contributed by atoms with Crippen molar-refractivity contribution in [2.75, 3.05) is 26.1 Å². The van der Waals surface area contributed by atoms with E-state index in [-0.39, 0.29) is 27.3 Å². The molecule has 0 fully saturated rings. The van der Waals surface area contributed by atoms with Crippen LogP contribution in [-0.2, 0) is 47.2 Å². The first kappa shape index (κ1) is 40.6. The van der Waals surface area contributed by atoms with Gasteiger partial charge in [-0.2, -0.15) is 13.2 Å². The lowest BCUT2D eigenvalue weighted by molar-refractivity contribution is 0.362. The highest BCUT2D eigenvalue weighted by atomic mass is 32.2. The van der Waals surface area contributed by atoms with Gasteiger partial charge in [0.2, 0.25) is 10.0 Å². The van der Waals surface area contributed by atoms with E-state index < -0.39 is 40.7 Å². The molecule has 14 nitrogen and oxygen atoms in total. The molecule has 0 radical (unpaired) electrons. The monoisotopic (exact) mass is 811 g/mol. The number of sulfone groups is 2. The maximum atomic E-state index is 12.8. The van der Waals surface area contributed by atoms with E-state index in [1.54, 1.807) is 25.3 Å². The average Bonchev–Trinajstić information content (AvgIpc) is 3.79. The summed E-state index contributed by atoms with van der Waals surface area (Å²) in [4.78, 5) is 0.441. The highest BCUT2D eigenvalue weighted by Gasteiger charge is 2.22. The fourth-order valence-electron chi connectivity index (χ4n) is 4.47. The summed E-state index contributed by atoms with van der Waals surface area (Å²) in [5.41, 5.74) is 7.14. The number of benzene rings is 3. The molecule has 4 aromatic rings. The third-order valence-corrected chi connectivity index (χ3v) is 13.2. The smallest absolute Gasteiger partial charge is 0.240 e. The van der Waals surface area contributed by atoms with Gasteiger partial charge in [-0.15, -0.1) is 0 Å². The van der Waals surface area contributed by atoms with Crippen LogP contribution in [0.15, 0.2) is 115 Å². The Kier molecular flexibility index (Phi) is 14.0. The fraction of sp³-hybridized carbons (Fsp3) is 0.258. The van der Waals surface area contributed by atoms with E-state index in [9.17, 15) is 29.5 Å². The van der Waals surface area contributed by atoms with Gasteiger partial charge in [-0.05, 0) is 72.8 Å². The molecule has 0 amide bonds. The van der Waals surface area contributed by atoms with Gasteiger partial charge >= 0.3 is 0 Å². The summed E-state index contributed by atoms with van der Waals surface area (Å²) in [6.45, 7) is 4.47. The largest absolute Gasteiger partial charge is 0.246 e. The third kappa shape index (κ3) is 10.9. The molecule has 20 heteroatoms. The number of rotatable bonds is 11. The average molecular weight is 812 g/mol. The van der Waals surface area contributed by atoms with E-state index in [4.69, 9.17) is 0 Å². The summed E-state index contributed by atoms with van der Waals surface area (Å²) < 4.78 is 104. The maximum absolute atomic E-state index is 12.8. The number of sulfonamides is 1. The van der Waals surface area contributed by atoms with Gasteiger partial charge in [-0.1, -0.05) is 44.2 Å². The molecular weight excluding hydrogens is 775 g/mol. The summed E-state index contributed by atoms with van der Waals surface area (Å²) in [6.07, 6.45) is 7.70. The van der Waals surface area contributed by atoms with Gasteiger partial charge in [0.05, 0.1) is 61.7 Å². The molecule has 2 heterocycles. The van der Waals surface area contributed by atoms with Crippen molar-refractivity contribution in [3.8, 4) is 0 Å². The van der Waals surface area contributed by atoms with Crippen molar-refractivity contribution in [2.45, 2.75) is 46.0 Å². The Morgan fingerprint density at radius 1 is 0.843 bits per heavy atom. The number of hydrazine groups is 1. The van der Waals surface area contributed by atoms with Gasteiger partial charge in [-0.3, -0.25) is 0 Å². The number of fused-ring (bicyclic) bond motifs is 2. The molecule has 51 heavy (non-hydrogen) atoms. The Bertz CT molecular complexity index is 2320. The zero-order valence-electron chi connectivity index (χ0n) is 28.2. The van der Waals surface area contributed by atoms with Gasteiger partial charge in [0.25, 0.3) is 0 Å². The highest BCUT2D eigenvalue weighted by Crippen LogP contribution is 2.21. The van der Waals surface area contributed by atoms with Crippen LogP contribution in [0.25, 0.3) is 11.0 Å². The molecular formula is C31H37N7O7S6. The SMILES string of the molecule is CC.CNN(Cc1ccc2nsnc2c1)S(=O)c1cccc(S(C)(=O)=O)c1.CS(=O)(=O)c1cccc(S(=O)(=O)NCC2=CC3NSN=C3C=C2)c1. The topological polar surface area (TPSA) is 197 Å². The Morgan fingerprint density at radius 2 is 1.49 bits per heavy atom. The quantitative estimate of drug-likeness (QED) is 0.147. The van der Waals surface area contributed by atoms with Crippen LogP contribution in [0.1, 0.15) is 19.4 Å². The normalized spacial score (nSPS) is 16.3. The molecule has 2 atom stereocenters. The summed E-state index contributed by atoms with van der Waals surface area (Å²) in [7, 11) is -10.5. The van der Waals surface area contributed by atoms with E-state index in [2.05, 4.69) is 28.0 Å². The minimum absolute atomic E-state index is 0.0203. The van der Waals surface area contributed by atoms with E-state index in [0.717, 1.165) is 58.2 Å². The second-order valence-electron chi connectivity index (χ2n) is 10.7. The first-order valence-electron chi connectivity index (χ1n) is 15.2. The van der Waals surface area contributed by atoms with Gasteiger partial charge < -0.3 is 0 Å². The Morgan fingerprint density at radius 3 is 2.18 bits per heavy atom. The van der Waals surface area contributed by atoms with Crippen molar-refractivity contribution in [3.05, 3.63) is 96.1 Å². The summed E-state index contributed by atoms with van der Waals surface area (Å²) in [6, 6.07) is 17.1.